The van der Waals surface area contributed by atoms with Crippen molar-refractivity contribution in [2.45, 2.75) is 44.2 Å². The van der Waals surface area contributed by atoms with Gasteiger partial charge < -0.3 is 15.0 Å². The lowest BCUT2D eigenvalue weighted by atomic mass is 9.89. The van der Waals surface area contributed by atoms with Gasteiger partial charge in [-0.05, 0) is 48.4 Å². The number of nitrogens with zero attached hydrogens (tertiary/aromatic N) is 1. The highest BCUT2D eigenvalue weighted by molar-refractivity contribution is 5.80. The Balaban J connectivity index is 1.53. The highest BCUT2D eigenvalue weighted by Crippen LogP contribution is 2.28. The number of nitrogens with one attached hydrogen (secondary N) is 1. The number of fused-ring (bicyclic) bond motifs is 1. The van der Waals surface area contributed by atoms with Crippen molar-refractivity contribution in [3.63, 3.8) is 0 Å². The van der Waals surface area contributed by atoms with E-state index >= 15 is 0 Å². The molecule has 2 unspecified atom stereocenters. The number of aromatic nitrogens is 1. The minimum absolute atomic E-state index is 0.0926. The molecule has 3 aromatic rings. The minimum atomic E-state index is -0.480. The normalized spacial score (nSPS) is 17.8. The van der Waals surface area contributed by atoms with Crippen LogP contribution >= 0.6 is 0 Å². The molecule has 1 aromatic heterocycles. The molecule has 0 radical (unpaired) electrons. The molecule has 0 saturated heterocycles. The van der Waals surface area contributed by atoms with Crippen LogP contribution in [0.5, 0.6) is 0 Å². The van der Waals surface area contributed by atoms with Gasteiger partial charge in [0.1, 0.15) is 0 Å². The van der Waals surface area contributed by atoms with Crippen molar-refractivity contribution in [2.75, 3.05) is 13.1 Å². The highest BCUT2D eigenvalue weighted by atomic mass is 16.3. The summed E-state index contributed by atoms with van der Waals surface area (Å²) in [7, 11) is 0. The van der Waals surface area contributed by atoms with Gasteiger partial charge in [0.15, 0.2) is 0 Å². The van der Waals surface area contributed by atoms with Crippen LogP contribution in [-0.2, 0) is 0 Å². The SMILES string of the molecule is OC(CNCC1CCCCC1)C(c1ccccc1)n1ccc2ccccc21. The maximum atomic E-state index is 11.1. The quantitative estimate of drug-likeness (QED) is 0.636. The number of aliphatic hydroxyl groups excluding tert-OH is 1. The predicted octanol–water partition coefficient (Wildman–Crippen LogP) is 4.76. The molecule has 1 fully saturated rings. The average Bonchev–Trinajstić information content (AvgIpc) is 3.14. The summed E-state index contributed by atoms with van der Waals surface area (Å²) in [4.78, 5) is 0. The first kappa shape index (κ1) is 18.3. The molecule has 0 spiro atoms. The van der Waals surface area contributed by atoms with Crippen LogP contribution in [0.1, 0.15) is 43.7 Å². The van der Waals surface area contributed by atoms with Crippen molar-refractivity contribution >= 4 is 10.9 Å². The Bertz CT molecular complexity index is 836. The van der Waals surface area contributed by atoms with Crippen molar-refractivity contribution < 1.29 is 5.11 Å². The summed E-state index contributed by atoms with van der Waals surface area (Å²) in [5.41, 5.74) is 2.31. The van der Waals surface area contributed by atoms with E-state index in [1.807, 2.05) is 6.07 Å². The molecule has 0 aliphatic heterocycles. The van der Waals surface area contributed by atoms with E-state index in [-0.39, 0.29) is 6.04 Å². The molecule has 0 amide bonds. The fourth-order valence-electron chi connectivity index (χ4n) is 4.50. The van der Waals surface area contributed by atoms with Gasteiger partial charge >= 0.3 is 0 Å². The summed E-state index contributed by atoms with van der Waals surface area (Å²) in [5.74, 6) is 0.772. The van der Waals surface area contributed by atoms with Crippen LogP contribution in [0.3, 0.4) is 0 Å². The van der Waals surface area contributed by atoms with Gasteiger partial charge in [-0.1, -0.05) is 67.8 Å². The Hall–Kier alpha value is -2.10. The third-order valence-corrected chi connectivity index (χ3v) is 5.95. The Labute approximate surface area is 162 Å². The Morgan fingerprint density at radius 1 is 0.926 bits per heavy atom. The lowest BCUT2D eigenvalue weighted by molar-refractivity contribution is 0.127. The van der Waals surface area contributed by atoms with Crippen LogP contribution in [0.15, 0.2) is 66.9 Å². The molecule has 2 atom stereocenters. The van der Waals surface area contributed by atoms with E-state index in [2.05, 4.69) is 70.7 Å². The molecule has 2 aromatic carbocycles. The number of rotatable bonds is 7. The van der Waals surface area contributed by atoms with Crippen LogP contribution in [0.2, 0.25) is 0 Å². The van der Waals surface area contributed by atoms with Crippen molar-refractivity contribution in [1.29, 1.82) is 0 Å². The van der Waals surface area contributed by atoms with Gasteiger partial charge in [-0.25, -0.2) is 0 Å². The Morgan fingerprint density at radius 3 is 2.48 bits per heavy atom. The maximum absolute atomic E-state index is 11.1. The fourth-order valence-corrected chi connectivity index (χ4v) is 4.50. The van der Waals surface area contributed by atoms with Crippen LogP contribution in [0.4, 0.5) is 0 Å². The molecule has 3 nitrogen and oxygen atoms in total. The third kappa shape index (κ3) is 4.26. The molecule has 0 bridgehead atoms. The molecular weight excluding hydrogens is 332 g/mol. The number of hydrogen-bond acceptors (Lipinski definition) is 2. The third-order valence-electron chi connectivity index (χ3n) is 5.95. The van der Waals surface area contributed by atoms with E-state index in [0.29, 0.717) is 6.54 Å². The summed E-state index contributed by atoms with van der Waals surface area (Å²) >= 11 is 0. The van der Waals surface area contributed by atoms with Crippen LogP contribution in [-0.4, -0.2) is 28.9 Å². The van der Waals surface area contributed by atoms with Gasteiger partial charge in [-0.3, -0.25) is 0 Å². The zero-order valence-corrected chi connectivity index (χ0v) is 15.9. The minimum Gasteiger partial charge on any atom is -0.389 e. The number of hydrogen-bond donors (Lipinski definition) is 2. The van der Waals surface area contributed by atoms with Crippen molar-refractivity contribution in [1.82, 2.24) is 9.88 Å². The topological polar surface area (TPSA) is 37.2 Å². The van der Waals surface area contributed by atoms with Crippen molar-refractivity contribution in [2.24, 2.45) is 5.92 Å². The number of benzene rings is 2. The van der Waals surface area contributed by atoms with Crippen LogP contribution < -0.4 is 5.32 Å². The first-order valence-electron chi connectivity index (χ1n) is 10.3. The van der Waals surface area contributed by atoms with E-state index in [1.54, 1.807) is 0 Å². The van der Waals surface area contributed by atoms with E-state index in [4.69, 9.17) is 0 Å². The molecule has 1 aliphatic rings. The van der Waals surface area contributed by atoms with Crippen LogP contribution in [0.25, 0.3) is 10.9 Å². The highest BCUT2D eigenvalue weighted by Gasteiger charge is 2.24. The lowest BCUT2D eigenvalue weighted by Gasteiger charge is -2.28. The summed E-state index contributed by atoms with van der Waals surface area (Å²) < 4.78 is 2.22. The molecule has 142 valence electrons. The second kappa shape index (κ2) is 8.73. The van der Waals surface area contributed by atoms with Crippen molar-refractivity contribution in [3.8, 4) is 0 Å². The molecule has 3 heteroatoms. The summed E-state index contributed by atoms with van der Waals surface area (Å²) in [6.07, 6.45) is 8.38. The zero-order chi connectivity index (χ0) is 18.5. The summed E-state index contributed by atoms with van der Waals surface area (Å²) in [6.45, 7) is 1.63. The molecule has 1 saturated carbocycles. The Kier molecular flexibility index (Phi) is 5.90. The van der Waals surface area contributed by atoms with E-state index in [1.165, 1.54) is 37.5 Å². The van der Waals surface area contributed by atoms with Gasteiger partial charge in [-0.15, -0.1) is 0 Å². The van der Waals surface area contributed by atoms with Gasteiger partial charge in [-0.2, -0.15) is 0 Å². The van der Waals surface area contributed by atoms with Gasteiger partial charge in [0.2, 0.25) is 0 Å². The first-order valence-corrected chi connectivity index (χ1v) is 10.3. The second-order valence-electron chi connectivity index (χ2n) is 7.87. The second-order valence-corrected chi connectivity index (χ2v) is 7.87. The largest absolute Gasteiger partial charge is 0.389 e. The monoisotopic (exact) mass is 362 g/mol. The van der Waals surface area contributed by atoms with E-state index < -0.39 is 6.10 Å². The molecular formula is C24H30N2O. The van der Waals surface area contributed by atoms with Gasteiger partial charge in [0.05, 0.1) is 12.1 Å². The number of para-hydroxylation sites is 1. The summed E-state index contributed by atoms with van der Waals surface area (Å²) in [6, 6.07) is 20.8. The molecule has 4 rings (SSSR count). The Morgan fingerprint density at radius 2 is 1.67 bits per heavy atom. The van der Waals surface area contributed by atoms with Crippen LogP contribution in [0, 0.1) is 5.92 Å². The molecule has 1 aliphatic carbocycles. The fraction of sp³-hybridized carbons (Fsp3) is 0.417. The number of aliphatic hydroxyl groups is 1. The maximum Gasteiger partial charge on any atom is 0.0912 e. The van der Waals surface area contributed by atoms with Gasteiger partial charge in [0, 0.05) is 18.3 Å². The molecule has 2 N–H and O–H groups in total. The van der Waals surface area contributed by atoms with E-state index in [0.717, 1.165) is 23.5 Å². The molecule has 27 heavy (non-hydrogen) atoms. The van der Waals surface area contributed by atoms with Crippen molar-refractivity contribution in [3.05, 3.63) is 72.4 Å². The van der Waals surface area contributed by atoms with E-state index in [9.17, 15) is 5.11 Å². The average molecular weight is 363 g/mol. The lowest BCUT2D eigenvalue weighted by Crippen LogP contribution is -2.37. The zero-order valence-electron chi connectivity index (χ0n) is 15.9. The summed E-state index contributed by atoms with van der Waals surface area (Å²) in [5, 5.41) is 15.9. The smallest absolute Gasteiger partial charge is 0.0912 e. The standard InChI is InChI=1S/C24H30N2O/c27-23(18-25-17-19-9-3-1-4-10-19)24(21-12-5-2-6-13-21)26-16-15-20-11-7-8-14-22(20)26/h2,5-8,11-16,19,23-25,27H,1,3-4,9-10,17-18H2. The predicted molar refractivity (Wildman–Crippen MR) is 112 cm³/mol. The first-order chi connectivity index (χ1) is 13.3. The molecule has 1 heterocycles. The van der Waals surface area contributed by atoms with Gasteiger partial charge in [0.25, 0.3) is 0 Å².